The van der Waals surface area contributed by atoms with Gasteiger partial charge < -0.3 is 11.4 Å². The minimum Gasteiger partial charge on any atom is -1.00 e. The summed E-state index contributed by atoms with van der Waals surface area (Å²) in [7, 11) is 0. The third-order valence-corrected chi connectivity index (χ3v) is 1.42. The summed E-state index contributed by atoms with van der Waals surface area (Å²) in [6, 6.07) is 6.03. The average Bonchev–Trinajstić information content (AvgIpc) is 2.15. The third-order valence-electron chi connectivity index (χ3n) is 1.42. The maximum absolute atomic E-state index is 10.7. The van der Waals surface area contributed by atoms with Crippen molar-refractivity contribution in [3.63, 3.8) is 0 Å². The monoisotopic (exact) mass is 219 g/mol. The molecule has 2 N–H and O–H groups in total. The van der Waals surface area contributed by atoms with Crippen LogP contribution in [0.3, 0.4) is 0 Å². The molecule has 15 heavy (non-hydrogen) atoms. The van der Waals surface area contributed by atoms with Crippen LogP contribution in [0.2, 0.25) is 0 Å². The predicted molar refractivity (Wildman–Crippen MR) is 49.0 cm³/mol. The fourth-order valence-electron chi connectivity index (χ4n) is 0.859. The topological polar surface area (TPSA) is 75.6 Å². The molecule has 1 amide bonds. The largest absolute Gasteiger partial charge is 1.00 e. The van der Waals surface area contributed by atoms with Crippen molar-refractivity contribution in [2.24, 2.45) is 0 Å². The Hall–Kier alpha value is -1.04. The Bertz CT molecular complexity index is 372. The molecule has 6 heteroatoms. The van der Waals surface area contributed by atoms with Crippen molar-refractivity contribution in [1.82, 2.24) is 5.48 Å². The van der Waals surface area contributed by atoms with Gasteiger partial charge in [0.05, 0.1) is 0 Å². The van der Waals surface area contributed by atoms with Crippen LogP contribution in [-0.4, -0.2) is 17.0 Å². The van der Waals surface area contributed by atoms with Gasteiger partial charge >= 0.3 is 35.5 Å². The molecular weight excluding hydrogens is 209 g/mol. The van der Waals surface area contributed by atoms with Crippen LogP contribution in [0.4, 0.5) is 0 Å². The summed E-state index contributed by atoms with van der Waals surface area (Å²) in [6.07, 6.45) is 0. The van der Waals surface area contributed by atoms with Gasteiger partial charge in [-0.2, -0.15) is 5.48 Å². The fraction of sp³-hybridized carbons (Fsp3) is 0.111. The van der Waals surface area contributed by atoms with E-state index in [0.29, 0.717) is 0 Å². The van der Waals surface area contributed by atoms with Gasteiger partial charge in [-0.1, -0.05) is 12.1 Å². The standard InChI is InChI=1S/C9H9NO4.Na.H/c1-6(11)10-14-8-5-3-2-4-7(8)9(12)13;;/h2-5H,1H3,(H,10,11)(H,12,13);;/q;+1;-1. The van der Waals surface area contributed by atoms with E-state index < -0.39 is 11.9 Å². The van der Waals surface area contributed by atoms with Crippen molar-refractivity contribution < 1.29 is 50.5 Å². The molecule has 76 valence electrons. The number of para-hydroxylation sites is 1. The van der Waals surface area contributed by atoms with E-state index in [1.165, 1.54) is 19.1 Å². The molecular formula is C9H10NNaO4. The van der Waals surface area contributed by atoms with Gasteiger partial charge in [-0.15, -0.1) is 0 Å². The smallest absolute Gasteiger partial charge is 1.00 e. The summed E-state index contributed by atoms with van der Waals surface area (Å²) >= 11 is 0. The second kappa shape index (κ2) is 6.44. The number of carboxylic acid groups (broad SMARTS) is 1. The van der Waals surface area contributed by atoms with Crippen molar-refractivity contribution >= 4 is 11.9 Å². The number of carbonyl (C=O) groups is 2. The zero-order chi connectivity index (χ0) is 10.6. The third kappa shape index (κ3) is 4.33. The minimum atomic E-state index is -1.11. The quantitative estimate of drug-likeness (QED) is 0.452. The minimum absolute atomic E-state index is 0. The molecule has 0 heterocycles. The summed E-state index contributed by atoms with van der Waals surface area (Å²) in [5.41, 5.74) is 2.06. The number of nitrogens with one attached hydrogen (secondary N) is 1. The number of carbonyl (C=O) groups excluding carboxylic acids is 1. The Morgan fingerprint density at radius 2 is 2.00 bits per heavy atom. The van der Waals surface area contributed by atoms with E-state index in [-0.39, 0.29) is 42.3 Å². The molecule has 0 aromatic heterocycles. The second-order valence-corrected chi connectivity index (χ2v) is 2.56. The normalized spacial score (nSPS) is 8.60. The van der Waals surface area contributed by atoms with Gasteiger partial charge in [0, 0.05) is 6.92 Å². The van der Waals surface area contributed by atoms with Gasteiger partial charge in [0.1, 0.15) is 5.56 Å². The molecule has 0 fully saturated rings. The fourth-order valence-corrected chi connectivity index (χ4v) is 0.859. The van der Waals surface area contributed by atoms with Gasteiger partial charge in [-0.05, 0) is 12.1 Å². The number of hydrogen-bond acceptors (Lipinski definition) is 3. The van der Waals surface area contributed by atoms with E-state index in [9.17, 15) is 9.59 Å². The van der Waals surface area contributed by atoms with Crippen LogP contribution in [0.5, 0.6) is 5.75 Å². The molecule has 0 radical (unpaired) electrons. The molecule has 0 spiro atoms. The molecule has 0 aliphatic carbocycles. The van der Waals surface area contributed by atoms with Crippen LogP contribution in [0.1, 0.15) is 18.7 Å². The van der Waals surface area contributed by atoms with Crippen LogP contribution >= 0.6 is 0 Å². The first-order valence-electron chi connectivity index (χ1n) is 3.87. The van der Waals surface area contributed by atoms with Gasteiger partial charge in [0.2, 0.25) is 5.91 Å². The maximum atomic E-state index is 10.7. The van der Waals surface area contributed by atoms with E-state index in [2.05, 4.69) is 5.48 Å². The summed E-state index contributed by atoms with van der Waals surface area (Å²) in [6.45, 7) is 1.27. The number of rotatable bonds is 3. The summed E-state index contributed by atoms with van der Waals surface area (Å²) in [5, 5.41) is 8.74. The molecule has 0 unspecified atom stereocenters. The van der Waals surface area contributed by atoms with Crippen molar-refractivity contribution in [1.29, 1.82) is 0 Å². The van der Waals surface area contributed by atoms with Crippen molar-refractivity contribution in [3.8, 4) is 5.75 Å². The number of hydroxylamine groups is 1. The Balaban J connectivity index is 0. The van der Waals surface area contributed by atoms with Gasteiger partial charge in [0.15, 0.2) is 5.75 Å². The summed E-state index contributed by atoms with van der Waals surface area (Å²) in [4.78, 5) is 26.0. The van der Waals surface area contributed by atoms with Crippen LogP contribution in [0.15, 0.2) is 24.3 Å². The van der Waals surface area contributed by atoms with E-state index in [1.807, 2.05) is 0 Å². The zero-order valence-electron chi connectivity index (χ0n) is 9.48. The van der Waals surface area contributed by atoms with Crippen LogP contribution in [0.25, 0.3) is 0 Å². The number of aromatic carboxylic acids is 1. The SMILES string of the molecule is CC(=O)NOc1ccccc1C(=O)O.[H-].[Na+]. The van der Waals surface area contributed by atoms with E-state index in [1.54, 1.807) is 12.1 Å². The van der Waals surface area contributed by atoms with Crippen molar-refractivity contribution in [2.75, 3.05) is 0 Å². The van der Waals surface area contributed by atoms with Crippen LogP contribution < -0.4 is 39.9 Å². The van der Waals surface area contributed by atoms with E-state index in [0.717, 1.165) is 0 Å². The molecule has 0 aliphatic rings. The molecule has 0 saturated heterocycles. The number of hydrogen-bond donors (Lipinski definition) is 2. The molecule has 1 rings (SSSR count). The predicted octanol–water partition coefficient (Wildman–Crippen LogP) is -2.07. The molecule has 1 aromatic rings. The molecule has 0 bridgehead atoms. The summed E-state index contributed by atoms with van der Waals surface area (Å²) < 4.78 is 0. The molecule has 1 aromatic carbocycles. The average molecular weight is 219 g/mol. The van der Waals surface area contributed by atoms with Gasteiger partial charge in [0.25, 0.3) is 0 Å². The first kappa shape index (κ1) is 14.0. The number of benzene rings is 1. The first-order chi connectivity index (χ1) is 6.61. The van der Waals surface area contributed by atoms with E-state index in [4.69, 9.17) is 9.94 Å². The van der Waals surface area contributed by atoms with Gasteiger partial charge in [-0.25, -0.2) is 4.79 Å². The number of carboxylic acids is 1. The Morgan fingerprint density at radius 1 is 1.40 bits per heavy atom. The van der Waals surface area contributed by atoms with Crippen molar-refractivity contribution in [2.45, 2.75) is 6.92 Å². The van der Waals surface area contributed by atoms with Crippen molar-refractivity contribution in [3.05, 3.63) is 29.8 Å². The van der Waals surface area contributed by atoms with Gasteiger partial charge in [-0.3, -0.25) is 4.79 Å². The maximum Gasteiger partial charge on any atom is 1.00 e. The summed E-state index contributed by atoms with van der Waals surface area (Å²) in [5.74, 6) is -1.40. The Labute approximate surface area is 110 Å². The molecule has 0 atom stereocenters. The van der Waals surface area contributed by atoms with Crippen LogP contribution in [-0.2, 0) is 4.79 Å². The number of amides is 1. The Kier molecular flexibility index (Phi) is 6.00. The molecule has 0 aliphatic heterocycles. The Morgan fingerprint density at radius 3 is 2.53 bits per heavy atom. The zero-order valence-corrected chi connectivity index (χ0v) is 10.5. The van der Waals surface area contributed by atoms with E-state index >= 15 is 0 Å². The van der Waals surface area contributed by atoms with Crippen LogP contribution in [0, 0.1) is 0 Å². The first-order valence-corrected chi connectivity index (χ1v) is 3.87. The molecule has 5 nitrogen and oxygen atoms in total. The second-order valence-electron chi connectivity index (χ2n) is 2.56. The molecule has 0 saturated carbocycles.